The topological polar surface area (TPSA) is 70.7 Å². The van der Waals surface area contributed by atoms with Gasteiger partial charge in [-0.2, -0.15) is 0 Å². The minimum absolute atomic E-state index is 0.0982. The van der Waals surface area contributed by atoms with Crippen LogP contribution in [0.2, 0.25) is 0 Å². The summed E-state index contributed by atoms with van der Waals surface area (Å²) in [5.41, 5.74) is 1.71. The number of H-pyrrole nitrogens is 1. The summed E-state index contributed by atoms with van der Waals surface area (Å²) >= 11 is 2.93. The highest BCUT2D eigenvalue weighted by molar-refractivity contribution is 8.02. The van der Waals surface area contributed by atoms with Gasteiger partial charge < -0.3 is 10.3 Å². The predicted molar refractivity (Wildman–Crippen MR) is 96.6 cm³/mol. The molecule has 0 aliphatic carbocycles. The van der Waals surface area contributed by atoms with Crippen molar-refractivity contribution in [2.24, 2.45) is 0 Å². The summed E-state index contributed by atoms with van der Waals surface area (Å²) in [5, 5.41) is 13.0. The van der Waals surface area contributed by atoms with Crippen molar-refractivity contribution in [3.63, 3.8) is 0 Å². The van der Waals surface area contributed by atoms with Gasteiger partial charge >= 0.3 is 0 Å². The van der Waals surface area contributed by atoms with E-state index in [2.05, 4.69) is 34.3 Å². The zero-order valence-electron chi connectivity index (χ0n) is 13.2. The monoisotopic (exact) mass is 346 g/mol. The average molecular weight is 346 g/mol. The van der Waals surface area contributed by atoms with Gasteiger partial charge in [-0.3, -0.25) is 4.79 Å². The van der Waals surface area contributed by atoms with Crippen LogP contribution in [0.5, 0.6) is 0 Å². The Morgan fingerprint density at radius 3 is 2.83 bits per heavy atom. The Labute approximate surface area is 142 Å². The Kier molecular flexibility index (Phi) is 4.68. The van der Waals surface area contributed by atoms with Crippen LogP contribution < -0.4 is 5.32 Å². The highest BCUT2D eigenvalue weighted by Crippen LogP contribution is 2.31. The zero-order valence-corrected chi connectivity index (χ0v) is 14.8. The van der Waals surface area contributed by atoms with Gasteiger partial charge in [0.05, 0.1) is 5.25 Å². The van der Waals surface area contributed by atoms with Crippen molar-refractivity contribution in [3.8, 4) is 0 Å². The highest BCUT2D eigenvalue weighted by atomic mass is 32.2. The standard InChI is InChI=1S/C16H18N4OS2/c1-9(2)18-15-19-20-16(23-15)22-10(3)14(21)12-8-17-13-7-5-4-6-11(12)13/h4-10,17H,1-3H3,(H,18,19). The lowest BCUT2D eigenvalue weighted by molar-refractivity contribution is 0.0995. The van der Waals surface area contributed by atoms with Gasteiger partial charge in [-0.15, -0.1) is 10.2 Å². The Bertz CT molecular complexity index is 824. The van der Waals surface area contributed by atoms with Crippen LogP contribution in [0.15, 0.2) is 34.8 Å². The van der Waals surface area contributed by atoms with Gasteiger partial charge in [-0.25, -0.2) is 0 Å². The van der Waals surface area contributed by atoms with E-state index < -0.39 is 0 Å². The molecule has 0 bridgehead atoms. The SMILES string of the molecule is CC(C)Nc1nnc(SC(C)C(=O)c2c[nH]c3ccccc23)s1. The molecule has 0 fully saturated rings. The first kappa shape index (κ1) is 16.0. The van der Waals surface area contributed by atoms with E-state index in [-0.39, 0.29) is 11.0 Å². The lowest BCUT2D eigenvalue weighted by Crippen LogP contribution is -2.12. The number of Topliss-reactive ketones (excluding diaryl/α,β-unsaturated/α-hetero) is 1. The molecular formula is C16H18N4OS2. The van der Waals surface area contributed by atoms with Crippen molar-refractivity contribution in [3.05, 3.63) is 36.0 Å². The van der Waals surface area contributed by atoms with E-state index in [9.17, 15) is 4.79 Å². The molecule has 2 N–H and O–H groups in total. The molecule has 0 spiro atoms. The van der Waals surface area contributed by atoms with Crippen LogP contribution in [0, 0.1) is 0 Å². The number of anilines is 1. The second-order valence-electron chi connectivity index (χ2n) is 5.54. The van der Waals surface area contributed by atoms with Crippen LogP contribution in [-0.2, 0) is 0 Å². The number of ketones is 1. The first-order chi connectivity index (χ1) is 11.0. The first-order valence-electron chi connectivity index (χ1n) is 7.41. The molecule has 0 aliphatic heterocycles. The number of hydrogen-bond acceptors (Lipinski definition) is 6. The molecule has 0 saturated carbocycles. The van der Waals surface area contributed by atoms with Crippen molar-refractivity contribution < 1.29 is 4.79 Å². The number of benzene rings is 1. The molecule has 1 atom stereocenters. The van der Waals surface area contributed by atoms with Crippen molar-refractivity contribution in [1.82, 2.24) is 15.2 Å². The van der Waals surface area contributed by atoms with Crippen LogP contribution in [0.4, 0.5) is 5.13 Å². The Hall–Kier alpha value is -1.86. The number of hydrogen-bond donors (Lipinski definition) is 2. The van der Waals surface area contributed by atoms with E-state index in [1.807, 2.05) is 31.2 Å². The fourth-order valence-corrected chi connectivity index (χ4v) is 4.37. The fourth-order valence-electron chi connectivity index (χ4n) is 2.26. The predicted octanol–water partition coefficient (Wildman–Crippen LogP) is 4.20. The molecule has 1 unspecified atom stereocenters. The molecule has 2 aromatic heterocycles. The third kappa shape index (κ3) is 3.56. The van der Waals surface area contributed by atoms with E-state index in [4.69, 9.17) is 0 Å². The van der Waals surface area contributed by atoms with Gasteiger partial charge in [0.15, 0.2) is 10.1 Å². The summed E-state index contributed by atoms with van der Waals surface area (Å²) in [6.07, 6.45) is 1.79. The van der Waals surface area contributed by atoms with Gasteiger partial charge in [0.2, 0.25) is 5.13 Å². The maximum Gasteiger partial charge on any atom is 0.206 e. The largest absolute Gasteiger partial charge is 0.360 e. The second kappa shape index (κ2) is 6.72. The summed E-state index contributed by atoms with van der Waals surface area (Å²) < 4.78 is 0.800. The van der Waals surface area contributed by atoms with Crippen LogP contribution in [-0.4, -0.2) is 32.3 Å². The smallest absolute Gasteiger partial charge is 0.206 e. The summed E-state index contributed by atoms with van der Waals surface area (Å²) in [6.45, 7) is 6.01. The number of thioether (sulfide) groups is 1. The highest BCUT2D eigenvalue weighted by Gasteiger charge is 2.21. The number of aromatic amines is 1. The van der Waals surface area contributed by atoms with Crippen molar-refractivity contribution >= 4 is 44.9 Å². The molecular weight excluding hydrogens is 328 g/mol. The minimum Gasteiger partial charge on any atom is -0.360 e. The Balaban J connectivity index is 1.74. The third-order valence-electron chi connectivity index (χ3n) is 3.32. The van der Waals surface area contributed by atoms with Crippen LogP contribution in [0.3, 0.4) is 0 Å². The molecule has 3 aromatic rings. The molecule has 23 heavy (non-hydrogen) atoms. The van der Waals surface area contributed by atoms with Crippen molar-refractivity contribution in [1.29, 1.82) is 0 Å². The minimum atomic E-state index is -0.214. The third-order valence-corrected chi connectivity index (χ3v) is 5.36. The first-order valence-corrected chi connectivity index (χ1v) is 9.11. The molecule has 2 heterocycles. The number of nitrogens with one attached hydrogen (secondary N) is 2. The lowest BCUT2D eigenvalue weighted by atomic mass is 10.1. The number of rotatable bonds is 6. The van der Waals surface area contributed by atoms with Crippen LogP contribution in [0.1, 0.15) is 31.1 Å². The van der Waals surface area contributed by atoms with E-state index in [1.165, 1.54) is 23.1 Å². The number of carbonyl (C=O) groups is 1. The Morgan fingerprint density at radius 2 is 2.04 bits per heavy atom. The zero-order chi connectivity index (χ0) is 16.4. The number of carbonyl (C=O) groups excluding carboxylic acids is 1. The molecule has 0 radical (unpaired) electrons. The molecule has 120 valence electrons. The van der Waals surface area contributed by atoms with Crippen molar-refractivity contribution in [2.75, 3.05) is 5.32 Å². The maximum absolute atomic E-state index is 12.7. The summed E-state index contributed by atoms with van der Waals surface area (Å²) in [6, 6.07) is 8.14. The molecule has 3 rings (SSSR count). The number of aromatic nitrogens is 3. The second-order valence-corrected chi connectivity index (χ2v) is 8.11. The quantitative estimate of drug-likeness (QED) is 0.517. The van der Waals surface area contributed by atoms with Gasteiger partial charge in [0, 0.05) is 28.7 Å². The van der Waals surface area contributed by atoms with E-state index in [0.717, 1.165) is 25.9 Å². The number of fused-ring (bicyclic) bond motifs is 1. The normalized spacial score (nSPS) is 12.7. The summed E-state index contributed by atoms with van der Waals surface area (Å²) in [7, 11) is 0. The molecule has 0 aliphatic rings. The van der Waals surface area contributed by atoms with Gasteiger partial charge in [-0.1, -0.05) is 41.3 Å². The average Bonchev–Trinajstić information content (AvgIpc) is 3.12. The van der Waals surface area contributed by atoms with Gasteiger partial charge in [0.1, 0.15) is 0 Å². The molecule has 5 nitrogen and oxygen atoms in total. The fraction of sp³-hybridized carbons (Fsp3) is 0.312. The van der Waals surface area contributed by atoms with Crippen LogP contribution in [0.25, 0.3) is 10.9 Å². The molecule has 1 aromatic carbocycles. The number of nitrogens with zero attached hydrogens (tertiary/aromatic N) is 2. The van der Waals surface area contributed by atoms with Gasteiger partial charge in [0.25, 0.3) is 0 Å². The number of para-hydroxylation sites is 1. The molecule has 0 amide bonds. The van der Waals surface area contributed by atoms with E-state index in [0.29, 0.717) is 6.04 Å². The molecule has 7 heteroatoms. The van der Waals surface area contributed by atoms with Crippen LogP contribution >= 0.6 is 23.1 Å². The Morgan fingerprint density at radius 1 is 1.26 bits per heavy atom. The maximum atomic E-state index is 12.7. The van der Waals surface area contributed by atoms with E-state index >= 15 is 0 Å². The molecule has 0 saturated heterocycles. The lowest BCUT2D eigenvalue weighted by Gasteiger charge is -2.07. The van der Waals surface area contributed by atoms with E-state index in [1.54, 1.807) is 6.20 Å². The van der Waals surface area contributed by atoms with Crippen molar-refractivity contribution in [2.45, 2.75) is 36.4 Å². The summed E-state index contributed by atoms with van der Waals surface area (Å²) in [5.74, 6) is 0.0982. The van der Waals surface area contributed by atoms with Gasteiger partial charge in [-0.05, 0) is 26.8 Å². The summed E-state index contributed by atoms with van der Waals surface area (Å²) in [4.78, 5) is 15.9.